The highest BCUT2D eigenvalue weighted by molar-refractivity contribution is 7.22. The van der Waals surface area contributed by atoms with Gasteiger partial charge in [0, 0.05) is 81.0 Å². The molecule has 1 aliphatic carbocycles. The van der Waals surface area contributed by atoms with Crippen molar-refractivity contribution < 1.29 is 47.4 Å². The lowest BCUT2D eigenvalue weighted by Gasteiger charge is -2.35. The van der Waals surface area contributed by atoms with Gasteiger partial charge in [0.25, 0.3) is 0 Å². The number of methoxy groups -OCH3 is 1. The minimum atomic E-state index is -1.46. The van der Waals surface area contributed by atoms with E-state index in [1.807, 2.05) is 19.9 Å². The number of fused-ring (bicyclic) bond motifs is 7. The molecule has 1 N–H and O–H groups in total. The number of hydrogen-bond donors (Lipinski definition) is 1. The van der Waals surface area contributed by atoms with Gasteiger partial charge in [0.1, 0.15) is 53.6 Å². The lowest BCUT2D eigenvalue weighted by Crippen LogP contribution is -2.49. The minimum absolute atomic E-state index is 0.0354. The van der Waals surface area contributed by atoms with Crippen LogP contribution in [0.3, 0.4) is 0 Å². The quantitative estimate of drug-likeness (QED) is 0.0912. The number of ether oxygens (including phenoxy) is 7. The molecule has 6 aromatic rings. The van der Waals surface area contributed by atoms with Crippen LogP contribution in [0.2, 0.25) is 10.0 Å². The maximum Gasteiger partial charge on any atom is 0.345 e. The second kappa shape index (κ2) is 24.4. The summed E-state index contributed by atoms with van der Waals surface area (Å²) in [5.41, 5.74) is 4.50. The third-order valence-electron chi connectivity index (χ3n) is 13.8. The Balaban J connectivity index is 1.03. The molecule has 19 heteroatoms. The van der Waals surface area contributed by atoms with Crippen molar-refractivity contribution in [3.8, 4) is 44.7 Å². The molecule has 0 radical (unpaired) electrons. The first-order chi connectivity index (χ1) is 35.4. The Morgan fingerprint density at radius 1 is 0.890 bits per heavy atom. The van der Waals surface area contributed by atoms with Crippen LogP contribution in [0.25, 0.3) is 31.8 Å². The molecule has 3 aliphatic heterocycles. The zero-order valence-electron chi connectivity index (χ0n) is 41.5. The van der Waals surface area contributed by atoms with Crippen molar-refractivity contribution in [1.29, 1.82) is 0 Å². The van der Waals surface area contributed by atoms with E-state index in [9.17, 15) is 14.3 Å². The molecule has 4 aliphatic rings. The Morgan fingerprint density at radius 2 is 1.63 bits per heavy atom. The number of carboxylic acid groups (broad SMARTS) is 1. The number of carboxylic acids is 1. The highest BCUT2D eigenvalue weighted by Crippen LogP contribution is 2.53. The molecule has 10 rings (SSSR count). The zero-order chi connectivity index (χ0) is 51.0. The van der Waals surface area contributed by atoms with E-state index in [1.54, 1.807) is 43.6 Å². The van der Waals surface area contributed by atoms with Crippen molar-refractivity contribution >= 4 is 50.7 Å². The maximum atomic E-state index is 14.4. The molecule has 388 valence electrons. The molecule has 6 heterocycles. The van der Waals surface area contributed by atoms with Gasteiger partial charge in [-0.15, -0.1) is 11.3 Å². The lowest BCUT2D eigenvalue weighted by molar-refractivity contribution is -0.145. The molecule has 15 nitrogen and oxygen atoms in total. The van der Waals surface area contributed by atoms with Gasteiger partial charge in [0.2, 0.25) is 12.0 Å². The normalized spacial score (nSPS) is 19.8. The van der Waals surface area contributed by atoms with Gasteiger partial charge in [-0.3, -0.25) is 4.90 Å². The largest absolute Gasteiger partial charge is 0.490 e. The fraction of sp³-hybridized carbons (Fsp3) is 0.463. The molecule has 4 bridgehead atoms. The molecular weight excluding hydrogens is 999 g/mol. The van der Waals surface area contributed by atoms with Gasteiger partial charge in [-0.25, -0.2) is 29.1 Å². The summed E-state index contributed by atoms with van der Waals surface area (Å²) in [5.74, 6) is 1.10. The lowest BCUT2D eigenvalue weighted by atomic mass is 9.82. The standard InChI is InChI=1S/C54H61Cl2FN6O9S/c1-32-44-33(2)48(56)49(47(32)55)71-41(27-63-19-17-62(3)18-20-63)30-69-40-13-14-42(70-29-39-15-16-58-51(61-39)36-7-5-34(6-8-36)28-68-24-23-67-22-21-66-4)37(25-40)26-43(54(64)65)72-52-46-45(44)50(73-53(46)60-31-59-52)35-9-11-38(57)12-10-35/h9-16,25,31,34,36,41,43H,5-8,17-24,26-30H2,1-4H3,(H,64,65)/t34?,36?,41-,43-/m1/s1. The van der Waals surface area contributed by atoms with E-state index in [-0.39, 0.29) is 31.4 Å². The summed E-state index contributed by atoms with van der Waals surface area (Å²) in [6.45, 7) is 10.9. The maximum absolute atomic E-state index is 14.4. The Hall–Kier alpha value is -5.24. The van der Waals surface area contributed by atoms with Crippen LogP contribution >= 0.6 is 34.5 Å². The number of aliphatic carboxylic acids is 1. The first-order valence-corrected chi connectivity index (χ1v) is 26.3. The first kappa shape index (κ1) is 52.6. The van der Waals surface area contributed by atoms with Crippen LogP contribution in [0.5, 0.6) is 23.1 Å². The number of benzene rings is 3. The van der Waals surface area contributed by atoms with Gasteiger partial charge in [-0.05, 0) is 111 Å². The number of nitrogens with zero attached hydrogens (tertiary/aromatic N) is 6. The highest BCUT2D eigenvalue weighted by Gasteiger charge is 2.32. The zero-order valence-corrected chi connectivity index (χ0v) is 43.9. The summed E-state index contributed by atoms with van der Waals surface area (Å²) in [7, 11) is 3.76. The predicted molar refractivity (Wildman–Crippen MR) is 278 cm³/mol. The number of rotatable bonds is 16. The third kappa shape index (κ3) is 12.7. The Labute approximate surface area is 438 Å². The van der Waals surface area contributed by atoms with Crippen LogP contribution in [-0.4, -0.2) is 140 Å². The average molecular weight is 1060 g/mol. The van der Waals surface area contributed by atoms with Gasteiger partial charge in [0.15, 0.2) is 5.75 Å². The molecule has 0 spiro atoms. The monoisotopic (exact) mass is 1060 g/mol. The Morgan fingerprint density at radius 3 is 2.37 bits per heavy atom. The number of thiophene rings is 1. The van der Waals surface area contributed by atoms with Crippen molar-refractivity contribution in [2.45, 2.75) is 70.7 Å². The minimum Gasteiger partial charge on any atom is -0.490 e. The first-order valence-electron chi connectivity index (χ1n) is 24.8. The molecule has 2 fully saturated rings. The number of carbonyl (C=O) groups is 1. The highest BCUT2D eigenvalue weighted by atomic mass is 35.5. The molecule has 3 aromatic carbocycles. The van der Waals surface area contributed by atoms with Crippen LogP contribution in [-0.2, 0) is 32.0 Å². The van der Waals surface area contributed by atoms with Gasteiger partial charge in [0.05, 0.1) is 47.6 Å². The molecule has 0 amide bonds. The van der Waals surface area contributed by atoms with Gasteiger partial charge in [-0.1, -0.05) is 35.3 Å². The van der Waals surface area contributed by atoms with E-state index in [2.05, 4.69) is 31.8 Å². The van der Waals surface area contributed by atoms with Crippen molar-refractivity contribution in [2.75, 3.05) is 86.5 Å². The molecule has 2 atom stereocenters. The summed E-state index contributed by atoms with van der Waals surface area (Å²) in [6.07, 6.45) is 4.93. The number of halogens is 3. The summed E-state index contributed by atoms with van der Waals surface area (Å²) in [4.78, 5) is 38.1. The average Bonchev–Trinajstić information content (AvgIpc) is 3.78. The summed E-state index contributed by atoms with van der Waals surface area (Å²) >= 11 is 16.0. The number of piperazine rings is 1. The van der Waals surface area contributed by atoms with Gasteiger partial charge >= 0.3 is 5.97 Å². The number of likely N-dealkylation sites (N-methyl/N-ethyl adjacent to an activating group) is 1. The summed E-state index contributed by atoms with van der Waals surface area (Å²) < 4.78 is 57.3. The van der Waals surface area contributed by atoms with Crippen molar-refractivity contribution in [1.82, 2.24) is 29.7 Å². The number of hydrogen-bond acceptors (Lipinski definition) is 15. The van der Waals surface area contributed by atoms with Crippen molar-refractivity contribution in [2.24, 2.45) is 5.92 Å². The van der Waals surface area contributed by atoms with Crippen LogP contribution in [0, 0.1) is 25.6 Å². The van der Waals surface area contributed by atoms with E-state index in [4.69, 9.17) is 61.3 Å². The van der Waals surface area contributed by atoms with E-state index in [0.717, 1.165) is 57.7 Å². The van der Waals surface area contributed by atoms with E-state index < -0.39 is 24.0 Å². The molecule has 1 saturated heterocycles. The van der Waals surface area contributed by atoms with E-state index >= 15 is 0 Å². The molecule has 3 aromatic heterocycles. The van der Waals surface area contributed by atoms with Crippen molar-refractivity contribution in [3.05, 3.63) is 105 Å². The Kier molecular flexibility index (Phi) is 17.6. The van der Waals surface area contributed by atoms with Crippen LogP contribution in [0.1, 0.15) is 59.8 Å². The van der Waals surface area contributed by atoms with Crippen LogP contribution < -0.4 is 18.9 Å². The molecule has 0 unspecified atom stereocenters. The second-order valence-corrected chi connectivity index (χ2v) is 20.7. The SMILES string of the molecule is COCCOCCOCC1CCC(c2nccc(COc3ccc4cc3C[C@H](C(=O)O)Oc3ncnc5sc(-c6ccc(F)cc6)c(c35)-c3c(C)c(Cl)c(c(Cl)c3C)O[C@H](CN3CCN(C)CC3)CO4)n2)CC1. The molecule has 73 heavy (non-hydrogen) atoms. The smallest absolute Gasteiger partial charge is 0.345 e. The fourth-order valence-corrected chi connectivity index (χ4v) is 11.4. The van der Waals surface area contributed by atoms with E-state index in [0.29, 0.717) is 127 Å². The summed E-state index contributed by atoms with van der Waals surface area (Å²) in [5, 5.41) is 12.0. The van der Waals surface area contributed by atoms with Gasteiger partial charge in [-0.2, -0.15) is 0 Å². The second-order valence-electron chi connectivity index (χ2n) is 18.9. The van der Waals surface area contributed by atoms with E-state index in [1.165, 1.54) is 29.8 Å². The Bertz CT molecular complexity index is 2830. The number of aromatic nitrogens is 4. The topological polar surface area (TPSA) is 160 Å². The molecular formula is C54H61Cl2FN6O9S. The van der Waals surface area contributed by atoms with Crippen LogP contribution in [0.15, 0.2) is 61.1 Å². The van der Waals surface area contributed by atoms with Crippen molar-refractivity contribution in [3.63, 3.8) is 0 Å². The third-order valence-corrected chi connectivity index (χ3v) is 15.9. The summed E-state index contributed by atoms with van der Waals surface area (Å²) in [6, 6.07) is 13.3. The fourth-order valence-electron chi connectivity index (χ4n) is 9.75. The predicted octanol–water partition coefficient (Wildman–Crippen LogP) is 9.87. The molecule has 1 saturated carbocycles. The van der Waals surface area contributed by atoms with Gasteiger partial charge < -0.3 is 43.2 Å². The van der Waals surface area contributed by atoms with Crippen LogP contribution in [0.4, 0.5) is 4.39 Å².